The monoisotopic (exact) mass is 369 g/mol. The summed E-state index contributed by atoms with van der Waals surface area (Å²) in [5.41, 5.74) is 0.910. The first-order valence-electron chi connectivity index (χ1n) is 7.75. The van der Waals surface area contributed by atoms with Crippen LogP contribution in [0.3, 0.4) is 0 Å². The maximum absolute atomic E-state index is 14.5. The fraction of sp³-hybridized carbons (Fsp3) is 0.0556. The lowest BCUT2D eigenvalue weighted by atomic mass is 10.1. The van der Waals surface area contributed by atoms with Crippen LogP contribution in [0, 0.1) is 24.4 Å². The lowest BCUT2D eigenvalue weighted by Crippen LogP contribution is -1.97. The average molecular weight is 369 g/mol. The van der Waals surface area contributed by atoms with Gasteiger partial charge in [0.15, 0.2) is 5.82 Å². The molecule has 0 aliphatic carbocycles. The molecule has 4 heterocycles. The van der Waals surface area contributed by atoms with Crippen molar-refractivity contribution in [3.8, 4) is 34.3 Å². The minimum atomic E-state index is -0.605. The van der Waals surface area contributed by atoms with Gasteiger partial charge < -0.3 is 4.42 Å². The largest absolute Gasteiger partial charge is 0.413 e. The zero-order valence-electron chi connectivity index (χ0n) is 13.8. The smallest absolute Gasteiger partial charge is 0.266 e. The standard InChI is InChI=1S/C18H10F3N5O/c1-9-16(21)13(10-4-12(20)7-22-6-10)5-15(24-9)18-26-25-17(27-18)14-3-2-11(19)8-23-14/h2-8H,1H3. The van der Waals surface area contributed by atoms with Crippen molar-refractivity contribution in [1.82, 2.24) is 25.1 Å². The van der Waals surface area contributed by atoms with Crippen LogP contribution >= 0.6 is 0 Å². The molecule has 0 radical (unpaired) electrons. The van der Waals surface area contributed by atoms with Crippen LogP contribution in [-0.4, -0.2) is 25.1 Å². The van der Waals surface area contributed by atoms with E-state index in [0.717, 1.165) is 18.5 Å². The zero-order valence-corrected chi connectivity index (χ0v) is 13.8. The summed E-state index contributed by atoms with van der Waals surface area (Å²) in [7, 11) is 0. The van der Waals surface area contributed by atoms with E-state index in [2.05, 4.69) is 25.1 Å². The van der Waals surface area contributed by atoms with Crippen molar-refractivity contribution in [2.75, 3.05) is 0 Å². The predicted molar refractivity (Wildman–Crippen MR) is 88.6 cm³/mol. The first-order chi connectivity index (χ1) is 13.0. The molecule has 9 heteroatoms. The van der Waals surface area contributed by atoms with Gasteiger partial charge in [-0.2, -0.15) is 0 Å². The third-order valence-corrected chi connectivity index (χ3v) is 3.73. The van der Waals surface area contributed by atoms with Gasteiger partial charge in [-0.15, -0.1) is 10.2 Å². The van der Waals surface area contributed by atoms with E-state index in [-0.39, 0.29) is 40.0 Å². The molecule has 6 nitrogen and oxygen atoms in total. The summed E-state index contributed by atoms with van der Waals surface area (Å²) in [6, 6.07) is 5.13. The molecule has 4 aromatic rings. The highest BCUT2D eigenvalue weighted by molar-refractivity contribution is 5.68. The Bertz CT molecular complexity index is 1130. The van der Waals surface area contributed by atoms with Crippen LogP contribution in [0.1, 0.15) is 5.69 Å². The van der Waals surface area contributed by atoms with Crippen LogP contribution in [0.2, 0.25) is 0 Å². The van der Waals surface area contributed by atoms with Crippen molar-refractivity contribution >= 4 is 0 Å². The van der Waals surface area contributed by atoms with Crippen molar-refractivity contribution in [3.05, 3.63) is 66.0 Å². The first kappa shape index (κ1) is 16.8. The van der Waals surface area contributed by atoms with Crippen LogP contribution in [-0.2, 0) is 0 Å². The molecule has 0 amide bonds. The molecule has 0 fully saturated rings. The van der Waals surface area contributed by atoms with Crippen LogP contribution in [0.25, 0.3) is 34.3 Å². The summed E-state index contributed by atoms with van der Waals surface area (Å²) in [4.78, 5) is 11.7. The fourth-order valence-corrected chi connectivity index (χ4v) is 2.47. The van der Waals surface area contributed by atoms with Gasteiger partial charge in [-0.1, -0.05) is 0 Å². The minimum Gasteiger partial charge on any atom is -0.413 e. The van der Waals surface area contributed by atoms with Crippen molar-refractivity contribution in [3.63, 3.8) is 0 Å². The van der Waals surface area contributed by atoms with Crippen molar-refractivity contribution < 1.29 is 17.6 Å². The van der Waals surface area contributed by atoms with Gasteiger partial charge in [-0.3, -0.25) is 4.98 Å². The van der Waals surface area contributed by atoms with Gasteiger partial charge in [0.05, 0.1) is 18.1 Å². The third kappa shape index (κ3) is 3.26. The van der Waals surface area contributed by atoms with Gasteiger partial charge in [0.2, 0.25) is 0 Å². The lowest BCUT2D eigenvalue weighted by Gasteiger charge is -2.07. The Morgan fingerprint density at radius 2 is 1.63 bits per heavy atom. The van der Waals surface area contributed by atoms with E-state index in [1.54, 1.807) is 0 Å². The second-order valence-corrected chi connectivity index (χ2v) is 5.62. The van der Waals surface area contributed by atoms with Crippen LogP contribution < -0.4 is 0 Å². The van der Waals surface area contributed by atoms with E-state index in [9.17, 15) is 13.2 Å². The maximum atomic E-state index is 14.5. The normalized spacial score (nSPS) is 11.0. The Kier molecular flexibility index (Phi) is 4.11. The molecule has 0 aromatic carbocycles. The molecule has 4 aromatic heterocycles. The molecule has 0 atom stereocenters. The third-order valence-electron chi connectivity index (χ3n) is 3.73. The molecule has 4 rings (SSSR count). The van der Waals surface area contributed by atoms with Gasteiger partial charge in [-0.05, 0) is 31.2 Å². The summed E-state index contributed by atoms with van der Waals surface area (Å²) in [6.45, 7) is 1.47. The van der Waals surface area contributed by atoms with Crippen molar-refractivity contribution in [2.45, 2.75) is 6.92 Å². The Morgan fingerprint density at radius 3 is 2.33 bits per heavy atom. The summed E-state index contributed by atoms with van der Waals surface area (Å²) in [5, 5.41) is 7.74. The molecule has 0 saturated carbocycles. The van der Waals surface area contributed by atoms with Crippen molar-refractivity contribution in [2.24, 2.45) is 0 Å². The number of halogens is 3. The van der Waals surface area contributed by atoms with Crippen LogP contribution in [0.15, 0.2) is 47.3 Å². The molecule has 0 bridgehead atoms. The molecule has 0 N–H and O–H groups in total. The predicted octanol–water partition coefficient (Wildman–Crippen LogP) is 3.98. The minimum absolute atomic E-state index is 0.0184. The number of aromatic nitrogens is 5. The molecule has 0 spiro atoms. The van der Waals surface area contributed by atoms with Gasteiger partial charge in [-0.25, -0.2) is 23.1 Å². The zero-order chi connectivity index (χ0) is 19.0. The molecule has 0 aliphatic rings. The number of nitrogens with zero attached hydrogens (tertiary/aromatic N) is 5. The lowest BCUT2D eigenvalue weighted by molar-refractivity contribution is 0.575. The number of pyridine rings is 3. The quantitative estimate of drug-likeness (QED) is 0.544. The van der Waals surface area contributed by atoms with Crippen LogP contribution in [0.4, 0.5) is 13.2 Å². The van der Waals surface area contributed by atoms with Gasteiger partial charge in [0.1, 0.15) is 23.0 Å². The van der Waals surface area contributed by atoms with E-state index < -0.39 is 17.5 Å². The highest BCUT2D eigenvalue weighted by Gasteiger charge is 2.18. The highest BCUT2D eigenvalue weighted by Crippen LogP contribution is 2.29. The summed E-state index contributed by atoms with van der Waals surface area (Å²) in [6.07, 6.45) is 3.39. The Hall–Kier alpha value is -3.62. The average Bonchev–Trinajstić information content (AvgIpc) is 3.14. The summed E-state index contributed by atoms with van der Waals surface area (Å²) >= 11 is 0. The molecule has 0 saturated heterocycles. The Balaban J connectivity index is 1.78. The molecule has 27 heavy (non-hydrogen) atoms. The molecular weight excluding hydrogens is 359 g/mol. The van der Waals surface area contributed by atoms with E-state index in [0.29, 0.717) is 0 Å². The molecule has 134 valence electrons. The van der Waals surface area contributed by atoms with E-state index in [1.165, 1.54) is 31.3 Å². The number of aryl methyl sites for hydroxylation is 1. The summed E-state index contributed by atoms with van der Waals surface area (Å²) < 4.78 is 46.5. The van der Waals surface area contributed by atoms with Gasteiger partial charge in [0, 0.05) is 17.3 Å². The molecular formula is C18H10F3N5O. The number of hydrogen-bond acceptors (Lipinski definition) is 6. The highest BCUT2D eigenvalue weighted by atomic mass is 19.1. The van der Waals surface area contributed by atoms with Crippen molar-refractivity contribution in [1.29, 1.82) is 0 Å². The maximum Gasteiger partial charge on any atom is 0.266 e. The Morgan fingerprint density at radius 1 is 0.852 bits per heavy atom. The van der Waals surface area contributed by atoms with Crippen LogP contribution in [0.5, 0.6) is 0 Å². The second-order valence-electron chi connectivity index (χ2n) is 5.62. The van der Waals surface area contributed by atoms with Gasteiger partial charge in [0.25, 0.3) is 11.8 Å². The fourth-order valence-electron chi connectivity index (χ4n) is 2.47. The molecule has 0 aliphatic heterocycles. The van der Waals surface area contributed by atoms with E-state index in [4.69, 9.17) is 4.42 Å². The number of rotatable bonds is 3. The molecule has 0 unspecified atom stereocenters. The Labute approximate surface area is 150 Å². The van der Waals surface area contributed by atoms with E-state index >= 15 is 0 Å². The van der Waals surface area contributed by atoms with Gasteiger partial charge >= 0.3 is 0 Å². The first-order valence-corrected chi connectivity index (χ1v) is 7.75. The SMILES string of the molecule is Cc1nc(-c2nnc(-c3ccc(F)cn3)o2)cc(-c2cncc(F)c2)c1F. The number of hydrogen-bond donors (Lipinski definition) is 0. The second kappa shape index (κ2) is 6.60. The summed E-state index contributed by atoms with van der Waals surface area (Å²) in [5.74, 6) is -1.62. The van der Waals surface area contributed by atoms with E-state index in [1.807, 2.05) is 0 Å². The topological polar surface area (TPSA) is 77.6 Å².